The molecule has 0 spiro atoms. The van der Waals surface area contributed by atoms with Gasteiger partial charge in [0, 0.05) is 19.3 Å². The first-order valence-electron chi connectivity index (χ1n) is 7.83. The highest BCUT2D eigenvalue weighted by Crippen LogP contribution is 2.28. The van der Waals surface area contributed by atoms with Gasteiger partial charge in [0.2, 0.25) is 0 Å². The summed E-state index contributed by atoms with van der Waals surface area (Å²) in [6.45, 7) is 6.29. The summed E-state index contributed by atoms with van der Waals surface area (Å²) in [7, 11) is 0. The van der Waals surface area contributed by atoms with Gasteiger partial charge in [0.05, 0.1) is 24.5 Å². The molecule has 0 aromatic carbocycles. The largest absolute Gasteiger partial charge is 0.449 e. The van der Waals surface area contributed by atoms with E-state index in [-0.39, 0.29) is 6.09 Å². The van der Waals surface area contributed by atoms with Gasteiger partial charge in [0.1, 0.15) is 0 Å². The number of aromatic nitrogens is 2. The van der Waals surface area contributed by atoms with Crippen LogP contribution in [0.5, 0.6) is 0 Å². The van der Waals surface area contributed by atoms with E-state index in [1.165, 1.54) is 0 Å². The van der Waals surface area contributed by atoms with Gasteiger partial charge in [-0.05, 0) is 32.1 Å². The fourth-order valence-electron chi connectivity index (χ4n) is 2.75. The van der Waals surface area contributed by atoms with Crippen LogP contribution in [0.3, 0.4) is 0 Å². The van der Waals surface area contributed by atoms with E-state index in [4.69, 9.17) is 10.5 Å². The van der Waals surface area contributed by atoms with Crippen LogP contribution in [0, 0.1) is 5.92 Å². The topological polar surface area (TPSA) is 73.4 Å². The minimum Gasteiger partial charge on any atom is -0.449 e. The third-order valence-corrected chi connectivity index (χ3v) is 4.24. The zero-order chi connectivity index (χ0) is 15.2. The maximum atomic E-state index is 11.9. The molecule has 1 unspecified atom stereocenters. The number of anilines is 1. The molecular formula is C15H26N4O2. The fraction of sp³-hybridized carbons (Fsp3) is 0.733. The van der Waals surface area contributed by atoms with E-state index in [1.807, 2.05) is 15.8 Å². The first-order valence-corrected chi connectivity index (χ1v) is 7.83. The highest BCUT2D eigenvalue weighted by Gasteiger charge is 2.28. The second-order valence-electron chi connectivity index (χ2n) is 5.79. The van der Waals surface area contributed by atoms with Crippen LogP contribution in [0.4, 0.5) is 10.5 Å². The molecular weight excluding hydrogens is 268 g/mol. The highest BCUT2D eigenvalue weighted by atomic mass is 16.6. The molecule has 1 aliphatic rings. The third kappa shape index (κ3) is 4.12. The molecule has 1 fully saturated rings. The van der Waals surface area contributed by atoms with E-state index in [2.05, 4.69) is 18.9 Å². The predicted molar refractivity (Wildman–Crippen MR) is 81.9 cm³/mol. The number of likely N-dealkylation sites (tertiary alicyclic amines) is 1. The van der Waals surface area contributed by atoms with Crippen LogP contribution < -0.4 is 5.73 Å². The van der Waals surface area contributed by atoms with Gasteiger partial charge >= 0.3 is 6.09 Å². The van der Waals surface area contributed by atoms with E-state index in [0.29, 0.717) is 24.3 Å². The number of nitrogen functional groups attached to an aromatic ring is 1. The molecule has 6 nitrogen and oxygen atoms in total. The van der Waals surface area contributed by atoms with Gasteiger partial charge in [-0.15, -0.1) is 0 Å². The van der Waals surface area contributed by atoms with Crippen molar-refractivity contribution in [3.8, 4) is 0 Å². The summed E-state index contributed by atoms with van der Waals surface area (Å²) in [6, 6.07) is 0.306. The Kier molecular flexibility index (Phi) is 5.47. The Balaban J connectivity index is 1.78. The van der Waals surface area contributed by atoms with Gasteiger partial charge < -0.3 is 15.4 Å². The lowest BCUT2D eigenvalue weighted by Crippen LogP contribution is -2.40. The SMILES string of the molecule is CCCCOC(=O)N1CCC(C(C)n2cc(N)cn2)CC1. The first-order chi connectivity index (χ1) is 10.1. The molecule has 1 amide bonds. The van der Waals surface area contributed by atoms with Crippen LogP contribution in [0.15, 0.2) is 12.4 Å². The Hall–Kier alpha value is -1.72. The van der Waals surface area contributed by atoms with Crippen LogP contribution in [0.1, 0.15) is 45.6 Å². The predicted octanol–water partition coefficient (Wildman–Crippen LogP) is 2.68. The summed E-state index contributed by atoms with van der Waals surface area (Å²) in [4.78, 5) is 13.7. The van der Waals surface area contributed by atoms with E-state index in [1.54, 1.807) is 6.20 Å². The van der Waals surface area contributed by atoms with Gasteiger partial charge in [-0.1, -0.05) is 13.3 Å². The van der Waals surface area contributed by atoms with Crippen LogP contribution in [-0.4, -0.2) is 40.5 Å². The molecule has 1 aromatic heterocycles. The number of amides is 1. The Morgan fingerprint density at radius 2 is 2.24 bits per heavy atom. The lowest BCUT2D eigenvalue weighted by atomic mass is 9.90. The van der Waals surface area contributed by atoms with E-state index in [0.717, 1.165) is 38.8 Å². The number of hydrogen-bond acceptors (Lipinski definition) is 4. The number of unbranched alkanes of at least 4 members (excludes halogenated alkanes) is 1. The molecule has 2 rings (SSSR count). The first kappa shape index (κ1) is 15.7. The van der Waals surface area contributed by atoms with E-state index in [9.17, 15) is 4.79 Å². The molecule has 0 aliphatic carbocycles. The van der Waals surface area contributed by atoms with Gasteiger partial charge in [0.25, 0.3) is 0 Å². The zero-order valence-electron chi connectivity index (χ0n) is 13.0. The lowest BCUT2D eigenvalue weighted by molar-refractivity contribution is 0.0806. The molecule has 2 heterocycles. The van der Waals surface area contributed by atoms with Crippen molar-refractivity contribution < 1.29 is 9.53 Å². The molecule has 1 aliphatic heterocycles. The van der Waals surface area contributed by atoms with Crippen LogP contribution >= 0.6 is 0 Å². The molecule has 1 aromatic rings. The fourth-order valence-corrected chi connectivity index (χ4v) is 2.75. The number of hydrogen-bond donors (Lipinski definition) is 1. The average molecular weight is 294 g/mol. The summed E-state index contributed by atoms with van der Waals surface area (Å²) in [5.41, 5.74) is 6.41. The summed E-state index contributed by atoms with van der Waals surface area (Å²) >= 11 is 0. The van der Waals surface area contributed by atoms with Crippen molar-refractivity contribution in [1.29, 1.82) is 0 Å². The Morgan fingerprint density at radius 3 is 2.81 bits per heavy atom. The van der Waals surface area contributed by atoms with E-state index >= 15 is 0 Å². The Labute approximate surface area is 126 Å². The van der Waals surface area contributed by atoms with Crippen molar-refractivity contribution in [2.75, 3.05) is 25.4 Å². The minimum absolute atomic E-state index is 0.169. The highest BCUT2D eigenvalue weighted by molar-refractivity contribution is 5.67. The standard InChI is InChI=1S/C15H26N4O2/c1-3-4-9-21-15(20)18-7-5-13(6-8-18)12(2)19-11-14(16)10-17-19/h10-13H,3-9,16H2,1-2H3. The number of ether oxygens (including phenoxy) is 1. The normalized spacial score (nSPS) is 17.7. The smallest absolute Gasteiger partial charge is 0.409 e. The molecule has 6 heteroatoms. The zero-order valence-corrected chi connectivity index (χ0v) is 13.0. The molecule has 1 atom stereocenters. The molecule has 118 valence electrons. The quantitative estimate of drug-likeness (QED) is 0.847. The number of carbonyl (C=O) groups excluding carboxylic acids is 1. The van der Waals surface area contributed by atoms with Crippen molar-refractivity contribution in [3.05, 3.63) is 12.4 Å². The van der Waals surface area contributed by atoms with Crippen molar-refractivity contribution in [2.24, 2.45) is 5.92 Å². The van der Waals surface area contributed by atoms with E-state index < -0.39 is 0 Å². The summed E-state index contributed by atoms with van der Waals surface area (Å²) in [5.74, 6) is 0.518. The molecule has 2 N–H and O–H groups in total. The van der Waals surface area contributed by atoms with Gasteiger partial charge in [-0.25, -0.2) is 4.79 Å². The third-order valence-electron chi connectivity index (χ3n) is 4.24. The van der Waals surface area contributed by atoms with Crippen LogP contribution in [0.25, 0.3) is 0 Å². The van der Waals surface area contributed by atoms with Crippen molar-refractivity contribution in [3.63, 3.8) is 0 Å². The van der Waals surface area contributed by atoms with Gasteiger partial charge in [-0.3, -0.25) is 4.68 Å². The average Bonchev–Trinajstić information content (AvgIpc) is 2.93. The number of piperidine rings is 1. The second-order valence-corrected chi connectivity index (χ2v) is 5.79. The van der Waals surface area contributed by atoms with Crippen molar-refractivity contribution in [1.82, 2.24) is 14.7 Å². The molecule has 21 heavy (non-hydrogen) atoms. The summed E-state index contributed by atoms with van der Waals surface area (Å²) < 4.78 is 7.18. The summed E-state index contributed by atoms with van der Waals surface area (Å²) in [6.07, 6.45) is 7.30. The lowest BCUT2D eigenvalue weighted by Gasteiger charge is -2.34. The minimum atomic E-state index is -0.169. The molecule has 0 bridgehead atoms. The summed E-state index contributed by atoms with van der Waals surface area (Å²) in [5, 5.41) is 4.28. The molecule has 0 saturated carbocycles. The van der Waals surface area contributed by atoms with Crippen molar-refractivity contribution in [2.45, 2.75) is 45.6 Å². The number of nitrogens with zero attached hydrogens (tertiary/aromatic N) is 3. The Bertz CT molecular complexity index is 452. The second kappa shape index (κ2) is 7.33. The van der Waals surface area contributed by atoms with Crippen LogP contribution in [0.2, 0.25) is 0 Å². The Morgan fingerprint density at radius 1 is 1.52 bits per heavy atom. The van der Waals surface area contributed by atoms with Gasteiger partial charge in [0.15, 0.2) is 0 Å². The van der Waals surface area contributed by atoms with Crippen LogP contribution in [-0.2, 0) is 4.74 Å². The van der Waals surface area contributed by atoms with Crippen molar-refractivity contribution >= 4 is 11.8 Å². The molecule has 0 radical (unpaired) electrons. The van der Waals surface area contributed by atoms with Gasteiger partial charge in [-0.2, -0.15) is 5.10 Å². The monoisotopic (exact) mass is 294 g/mol. The molecule has 1 saturated heterocycles. The number of carbonyl (C=O) groups is 1. The number of nitrogens with two attached hydrogens (primary N) is 1. The maximum absolute atomic E-state index is 11.9. The maximum Gasteiger partial charge on any atom is 0.409 e. The number of rotatable bonds is 5.